The molecule has 3 rings (SSSR count). The summed E-state index contributed by atoms with van der Waals surface area (Å²) in [4.78, 5) is 0. The van der Waals surface area contributed by atoms with Crippen LogP contribution in [0.3, 0.4) is 0 Å². The van der Waals surface area contributed by atoms with Gasteiger partial charge in [-0.3, -0.25) is 0 Å². The van der Waals surface area contributed by atoms with Crippen LogP contribution in [0, 0.1) is 5.92 Å². The minimum atomic E-state index is 0.262. The first kappa shape index (κ1) is 10.3. The third kappa shape index (κ3) is 2.00. The average Bonchev–Trinajstić information content (AvgIpc) is 3.03. The van der Waals surface area contributed by atoms with Crippen molar-refractivity contribution in [2.24, 2.45) is 5.92 Å². The molecule has 1 saturated carbocycles. The van der Waals surface area contributed by atoms with Crippen molar-refractivity contribution in [3.8, 4) is 0 Å². The molecule has 2 heteroatoms. The molecule has 1 fully saturated rings. The molecule has 0 aromatic heterocycles. The summed E-state index contributed by atoms with van der Waals surface area (Å²) in [6.07, 6.45) is 2.65. The molecule has 1 N–H and O–H groups in total. The maximum Gasteiger partial charge on any atom is 0.0952 e. The highest BCUT2D eigenvalue weighted by Gasteiger charge is 2.33. The Bertz CT molecular complexity index is 377. The van der Waals surface area contributed by atoms with Crippen LogP contribution in [0.2, 0.25) is 0 Å². The third-order valence-electron chi connectivity index (χ3n) is 3.77. The van der Waals surface area contributed by atoms with Crippen LogP contribution >= 0.6 is 0 Å². The number of ether oxygens (including phenoxy) is 1. The fourth-order valence-corrected chi connectivity index (χ4v) is 2.51. The molecule has 0 amide bonds. The van der Waals surface area contributed by atoms with E-state index in [0.29, 0.717) is 0 Å². The molecule has 1 aliphatic heterocycles. The van der Waals surface area contributed by atoms with Crippen LogP contribution in [0.15, 0.2) is 24.3 Å². The van der Waals surface area contributed by atoms with Crippen LogP contribution in [0.25, 0.3) is 0 Å². The van der Waals surface area contributed by atoms with Crippen LogP contribution in [-0.2, 0) is 11.2 Å². The second kappa shape index (κ2) is 4.19. The number of benzene rings is 1. The van der Waals surface area contributed by atoms with E-state index in [0.717, 1.165) is 31.5 Å². The third-order valence-corrected chi connectivity index (χ3v) is 3.77. The van der Waals surface area contributed by atoms with Crippen molar-refractivity contribution >= 4 is 0 Å². The Morgan fingerprint density at radius 2 is 2.19 bits per heavy atom. The molecule has 3 atom stereocenters. The zero-order valence-electron chi connectivity index (χ0n) is 9.78. The predicted octanol–water partition coefficient (Wildman–Crippen LogP) is 2.30. The number of hydrogen-bond donors (Lipinski definition) is 1. The van der Waals surface area contributed by atoms with Crippen molar-refractivity contribution in [2.45, 2.75) is 31.9 Å². The quantitative estimate of drug-likeness (QED) is 0.839. The second-order valence-corrected chi connectivity index (χ2v) is 5.04. The van der Waals surface area contributed by atoms with E-state index in [1.807, 2.05) is 0 Å². The largest absolute Gasteiger partial charge is 0.372 e. The lowest BCUT2D eigenvalue weighted by Gasteiger charge is -2.26. The van der Waals surface area contributed by atoms with Gasteiger partial charge in [-0.1, -0.05) is 31.2 Å². The Hall–Kier alpha value is -0.860. The van der Waals surface area contributed by atoms with Gasteiger partial charge >= 0.3 is 0 Å². The Morgan fingerprint density at radius 3 is 3.00 bits per heavy atom. The van der Waals surface area contributed by atoms with Crippen molar-refractivity contribution in [3.05, 3.63) is 35.4 Å². The lowest BCUT2D eigenvalue weighted by Crippen LogP contribution is -2.29. The Balaban J connectivity index is 1.67. The molecule has 1 aromatic rings. The predicted molar refractivity (Wildman–Crippen MR) is 64.4 cm³/mol. The van der Waals surface area contributed by atoms with Crippen molar-refractivity contribution in [3.63, 3.8) is 0 Å². The van der Waals surface area contributed by atoms with Gasteiger partial charge in [-0.15, -0.1) is 0 Å². The fraction of sp³-hybridized carbons (Fsp3) is 0.571. The van der Waals surface area contributed by atoms with Crippen LogP contribution in [0.1, 0.15) is 30.6 Å². The summed E-state index contributed by atoms with van der Waals surface area (Å²) in [6, 6.07) is 9.40. The molecule has 3 unspecified atom stereocenters. The monoisotopic (exact) mass is 217 g/mol. The van der Waals surface area contributed by atoms with Crippen LogP contribution in [-0.4, -0.2) is 19.2 Å². The first-order valence-electron chi connectivity index (χ1n) is 6.27. The van der Waals surface area contributed by atoms with Crippen molar-refractivity contribution in [1.29, 1.82) is 0 Å². The number of fused-ring (bicyclic) bond motifs is 1. The Labute approximate surface area is 97.0 Å². The van der Waals surface area contributed by atoms with Gasteiger partial charge in [0, 0.05) is 12.6 Å². The minimum Gasteiger partial charge on any atom is -0.372 e. The van der Waals surface area contributed by atoms with E-state index in [1.165, 1.54) is 17.5 Å². The highest BCUT2D eigenvalue weighted by Crippen LogP contribution is 2.31. The standard InChI is InChI=1S/C14H19NO/c1-10-8-13(10)15-9-14-12-5-3-2-4-11(12)6-7-16-14/h2-5,10,13-15H,6-9H2,1H3. The van der Waals surface area contributed by atoms with Gasteiger partial charge in [0.15, 0.2) is 0 Å². The molecule has 0 saturated heterocycles. The van der Waals surface area contributed by atoms with Gasteiger partial charge in [-0.25, -0.2) is 0 Å². The first-order valence-corrected chi connectivity index (χ1v) is 6.27. The number of hydrogen-bond acceptors (Lipinski definition) is 2. The fourth-order valence-electron chi connectivity index (χ4n) is 2.51. The molecule has 0 bridgehead atoms. The summed E-state index contributed by atoms with van der Waals surface area (Å²) in [5, 5.41) is 3.59. The molecule has 86 valence electrons. The second-order valence-electron chi connectivity index (χ2n) is 5.04. The number of nitrogens with one attached hydrogen (secondary N) is 1. The zero-order chi connectivity index (χ0) is 11.0. The van der Waals surface area contributed by atoms with Crippen molar-refractivity contribution < 1.29 is 4.74 Å². The van der Waals surface area contributed by atoms with Crippen molar-refractivity contribution in [1.82, 2.24) is 5.32 Å². The maximum atomic E-state index is 5.86. The normalized spacial score (nSPS) is 32.2. The van der Waals surface area contributed by atoms with Gasteiger partial charge in [-0.2, -0.15) is 0 Å². The van der Waals surface area contributed by atoms with Gasteiger partial charge in [0.2, 0.25) is 0 Å². The molecule has 0 radical (unpaired) electrons. The topological polar surface area (TPSA) is 21.3 Å². The Kier molecular flexibility index (Phi) is 2.70. The summed E-state index contributed by atoms with van der Waals surface area (Å²) in [7, 11) is 0. The van der Waals surface area contributed by atoms with Gasteiger partial charge in [-0.05, 0) is 29.9 Å². The highest BCUT2D eigenvalue weighted by molar-refractivity contribution is 5.31. The van der Waals surface area contributed by atoms with E-state index in [-0.39, 0.29) is 6.10 Å². The van der Waals surface area contributed by atoms with Crippen molar-refractivity contribution in [2.75, 3.05) is 13.2 Å². The smallest absolute Gasteiger partial charge is 0.0952 e. The SMILES string of the molecule is CC1CC1NCC1OCCc2ccccc21. The Morgan fingerprint density at radius 1 is 1.38 bits per heavy atom. The molecular weight excluding hydrogens is 198 g/mol. The van der Waals surface area contributed by atoms with Gasteiger partial charge in [0.05, 0.1) is 12.7 Å². The number of rotatable bonds is 3. The van der Waals surface area contributed by atoms with Gasteiger partial charge < -0.3 is 10.1 Å². The summed E-state index contributed by atoms with van der Waals surface area (Å²) in [5.74, 6) is 0.860. The molecule has 1 aliphatic carbocycles. The van der Waals surface area contributed by atoms with Crippen LogP contribution in [0.5, 0.6) is 0 Å². The molecule has 1 aromatic carbocycles. The van der Waals surface area contributed by atoms with E-state index in [1.54, 1.807) is 0 Å². The van der Waals surface area contributed by atoms with E-state index in [4.69, 9.17) is 4.74 Å². The average molecular weight is 217 g/mol. The molecule has 0 spiro atoms. The molecular formula is C14H19NO. The molecule has 2 aliphatic rings. The van der Waals surface area contributed by atoms with Crippen LogP contribution in [0.4, 0.5) is 0 Å². The summed E-state index contributed by atoms with van der Waals surface area (Å²) >= 11 is 0. The molecule has 1 heterocycles. The van der Waals surface area contributed by atoms with E-state index < -0.39 is 0 Å². The first-order chi connectivity index (χ1) is 7.84. The van der Waals surface area contributed by atoms with E-state index in [2.05, 4.69) is 36.5 Å². The van der Waals surface area contributed by atoms with E-state index in [9.17, 15) is 0 Å². The van der Waals surface area contributed by atoms with Crippen LogP contribution < -0.4 is 5.32 Å². The highest BCUT2D eigenvalue weighted by atomic mass is 16.5. The summed E-state index contributed by atoms with van der Waals surface area (Å²) < 4.78 is 5.86. The summed E-state index contributed by atoms with van der Waals surface area (Å²) in [6.45, 7) is 4.13. The molecule has 16 heavy (non-hydrogen) atoms. The minimum absolute atomic E-state index is 0.262. The van der Waals surface area contributed by atoms with E-state index >= 15 is 0 Å². The van der Waals surface area contributed by atoms with Gasteiger partial charge in [0.1, 0.15) is 0 Å². The maximum absolute atomic E-state index is 5.86. The van der Waals surface area contributed by atoms with Gasteiger partial charge in [0.25, 0.3) is 0 Å². The lowest BCUT2D eigenvalue weighted by atomic mass is 9.97. The molecule has 2 nitrogen and oxygen atoms in total. The lowest BCUT2D eigenvalue weighted by molar-refractivity contribution is 0.0421. The zero-order valence-corrected chi connectivity index (χ0v) is 9.78. The summed E-state index contributed by atoms with van der Waals surface area (Å²) in [5.41, 5.74) is 2.85.